The highest BCUT2D eigenvalue weighted by atomic mass is 16.4. The minimum absolute atomic E-state index is 0.00507. The van der Waals surface area contributed by atoms with Gasteiger partial charge < -0.3 is 5.11 Å². The predicted octanol–water partition coefficient (Wildman–Crippen LogP) is 4.22. The van der Waals surface area contributed by atoms with Gasteiger partial charge in [-0.15, -0.1) is 0 Å². The molecule has 4 fully saturated rings. The van der Waals surface area contributed by atoms with Crippen molar-refractivity contribution in [3.05, 3.63) is 12.2 Å². The van der Waals surface area contributed by atoms with E-state index in [0.717, 1.165) is 56.9 Å². The zero-order valence-corrected chi connectivity index (χ0v) is 14.4. The van der Waals surface area contributed by atoms with E-state index in [1.54, 1.807) is 0 Å². The van der Waals surface area contributed by atoms with E-state index in [-0.39, 0.29) is 16.7 Å². The van der Waals surface area contributed by atoms with Gasteiger partial charge in [0.15, 0.2) is 5.78 Å². The molecule has 1 spiro atoms. The van der Waals surface area contributed by atoms with E-state index >= 15 is 0 Å². The van der Waals surface area contributed by atoms with Crippen molar-refractivity contribution in [1.82, 2.24) is 0 Å². The third-order valence-corrected chi connectivity index (χ3v) is 8.46. The van der Waals surface area contributed by atoms with Gasteiger partial charge in [0.05, 0.1) is 5.41 Å². The summed E-state index contributed by atoms with van der Waals surface area (Å²) in [6, 6.07) is 0. The van der Waals surface area contributed by atoms with E-state index in [9.17, 15) is 14.7 Å². The van der Waals surface area contributed by atoms with E-state index in [0.29, 0.717) is 17.6 Å². The highest BCUT2D eigenvalue weighted by molar-refractivity contribution is 6.03. The van der Waals surface area contributed by atoms with E-state index in [1.165, 1.54) is 0 Å². The normalized spacial score (nSPS) is 52.0. The molecule has 3 heteroatoms. The van der Waals surface area contributed by atoms with Gasteiger partial charge >= 0.3 is 5.97 Å². The molecule has 0 radical (unpaired) electrons. The molecule has 4 rings (SSSR count). The molecule has 126 valence electrons. The number of Topliss-reactive ketones (excluding diaryl/α,β-unsaturated/α-hetero) is 1. The minimum atomic E-state index is -0.639. The van der Waals surface area contributed by atoms with Gasteiger partial charge in [-0.2, -0.15) is 0 Å². The maximum atomic E-state index is 13.0. The van der Waals surface area contributed by atoms with Gasteiger partial charge in [0, 0.05) is 5.41 Å². The average molecular weight is 316 g/mol. The van der Waals surface area contributed by atoms with Crippen LogP contribution in [0.2, 0.25) is 0 Å². The number of fused-ring (bicyclic) bond motifs is 3. The molecule has 4 aliphatic rings. The van der Waals surface area contributed by atoms with Gasteiger partial charge in [-0.25, -0.2) is 0 Å². The second-order valence-corrected chi connectivity index (χ2v) is 9.21. The summed E-state index contributed by atoms with van der Waals surface area (Å²) in [6.07, 6.45) is 7.75. The second kappa shape index (κ2) is 4.49. The number of ketones is 1. The lowest BCUT2D eigenvalue weighted by molar-refractivity contribution is -0.182. The molecule has 0 heterocycles. The van der Waals surface area contributed by atoms with E-state index in [4.69, 9.17) is 0 Å². The largest absolute Gasteiger partial charge is 0.481 e. The van der Waals surface area contributed by atoms with Crippen LogP contribution in [-0.2, 0) is 9.59 Å². The predicted molar refractivity (Wildman–Crippen MR) is 87.8 cm³/mol. The fraction of sp³-hybridized carbons (Fsp3) is 0.800. The van der Waals surface area contributed by atoms with Crippen molar-refractivity contribution in [2.24, 2.45) is 34.0 Å². The van der Waals surface area contributed by atoms with Crippen LogP contribution in [0, 0.1) is 34.0 Å². The van der Waals surface area contributed by atoms with Crippen LogP contribution >= 0.6 is 0 Å². The molecule has 2 unspecified atom stereocenters. The zero-order chi connectivity index (χ0) is 16.6. The van der Waals surface area contributed by atoms with E-state index in [1.807, 2.05) is 6.92 Å². The topological polar surface area (TPSA) is 54.4 Å². The van der Waals surface area contributed by atoms with Gasteiger partial charge in [0.1, 0.15) is 0 Å². The Kier molecular flexibility index (Phi) is 3.01. The second-order valence-electron chi connectivity index (χ2n) is 9.21. The Balaban J connectivity index is 1.79. The summed E-state index contributed by atoms with van der Waals surface area (Å²) in [5.41, 5.74) is 0.0347. The first-order valence-electron chi connectivity index (χ1n) is 9.23. The molecule has 23 heavy (non-hydrogen) atoms. The fourth-order valence-corrected chi connectivity index (χ4v) is 7.37. The van der Waals surface area contributed by atoms with Crippen LogP contribution in [0.4, 0.5) is 0 Å². The number of allylic oxidation sites excluding steroid dienone is 1. The summed E-state index contributed by atoms with van der Waals surface area (Å²) in [4.78, 5) is 25.1. The molecule has 4 aliphatic carbocycles. The maximum Gasteiger partial charge on any atom is 0.309 e. The smallest absolute Gasteiger partial charge is 0.309 e. The summed E-state index contributed by atoms with van der Waals surface area (Å²) in [7, 11) is 0. The third-order valence-electron chi connectivity index (χ3n) is 8.46. The molecule has 3 nitrogen and oxygen atoms in total. The molecule has 1 N–H and O–H groups in total. The summed E-state index contributed by atoms with van der Waals surface area (Å²) in [5, 5.41) is 9.89. The van der Waals surface area contributed by atoms with Gasteiger partial charge in [-0.05, 0) is 80.6 Å². The summed E-state index contributed by atoms with van der Waals surface area (Å²) < 4.78 is 0. The lowest BCUT2D eigenvalue weighted by Gasteiger charge is -2.62. The number of rotatable bonds is 1. The van der Waals surface area contributed by atoms with Crippen molar-refractivity contribution >= 4 is 11.8 Å². The number of carboxylic acids is 1. The van der Waals surface area contributed by atoms with Crippen molar-refractivity contribution < 1.29 is 14.7 Å². The van der Waals surface area contributed by atoms with E-state index < -0.39 is 11.4 Å². The standard InChI is InChI=1S/C20H28O3/c1-12-13-5-6-15-18(2)8-4-9-19(3,17(22)23)14(18)7-10-20(15,11-13)16(12)21/h13-15H,1,4-11H2,2-3H3,(H,22,23)/t13-,14?,15?,18+,19+,20+/m0/s1. The van der Waals surface area contributed by atoms with Crippen LogP contribution in [0.3, 0.4) is 0 Å². The summed E-state index contributed by atoms with van der Waals surface area (Å²) >= 11 is 0. The highest BCUT2D eigenvalue weighted by Gasteiger charge is 2.67. The van der Waals surface area contributed by atoms with Crippen LogP contribution < -0.4 is 0 Å². The first-order chi connectivity index (χ1) is 10.8. The number of carbonyl (C=O) groups excluding carboxylic acids is 1. The number of aliphatic carboxylic acids is 1. The monoisotopic (exact) mass is 316 g/mol. The third kappa shape index (κ3) is 1.66. The van der Waals surface area contributed by atoms with Crippen LogP contribution in [0.1, 0.15) is 65.2 Å². The zero-order valence-electron chi connectivity index (χ0n) is 14.4. The average Bonchev–Trinajstić information content (AvgIpc) is 2.68. The van der Waals surface area contributed by atoms with Gasteiger partial charge in [0.25, 0.3) is 0 Å². The van der Waals surface area contributed by atoms with Crippen molar-refractivity contribution in [2.45, 2.75) is 65.2 Å². The van der Waals surface area contributed by atoms with Gasteiger partial charge in [0.2, 0.25) is 0 Å². The van der Waals surface area contributed by atoms with Crippen molar-refractivity contribution in [3.8, 4) is 0 Å². The van der Waals surface area contributed by atoms with E-state index in [2.05, 4.69) is 13.5 Å². The lowest BCUT2D eigenvalue weighted by atomic mass is 9.41. The van der Waals surface area contributed by atoms with Gasteiger partial charge in [-0.3, -0.25) is 9.59 Å². The molecule has 4 saturated carbocycles. The minimum Gasteiger partial charge on any atom is -0.481 e. The number of hydrogen-bond donors (Lipinski definition) is 1. The molecule has 6 atom stereocenters. The molecule has 0 saturated heterocycles. The molecular weight excluding hydrogens is 288 g/mol. The van der Waals surface area contributed by atoms with Crippen LogP contribution in [0.5, 0.6) is 0 Å². The Labute approximate surface area is 138 Å². The Hall–Kier alpha value is -1.12. The van der Waals surface area contributed by atoms with Crippen LogP contribution in [0.25, 0.3) is 0 Å². The molecular formula is C20H28O3. The fourth-order valence-electron chi connectivity index (χ4n) is 7.37. The molecule has 0 aromatic carbocycles. The summed E-state index contributed by atoms with van der Waals surface area (Å²) in [6.45, 7) is 8.36. The first-order valence-corrected chi connectivity index (χ1v) is 9.23. The maximum absolute atomic E-state index is 13.0. The molecule has 0 amide bonds. The number of carboxylic acid groups (broad SMARTS) is 1. The molecule has 2 bridgehead atoms. The number of hydrogen-bond acceptors (Lipinski definition) is 2. The van der Waals surface area contributed by atoms with Crippen molar-refractivity contribution in [1.29, 1.82) is 0 Å². The van der Waals surface area contributed by atoms with Crippen molar-refractivity contribution in [2.75, 3.05) is 0 Å². The Bertz CT molecular complexity index is 608. The Morgan fingerprint density at radius 2 is 1.87 bits per heavy atom. The molecule has 0 aromatic heterocycles. The van der Waals surface area contributed by atoms with Crippen LogP contribution in [0.15, 0.2) is 12.2 Å². The van der Waals surface area contributed by atoms with Crippen LogP contribution in [-0.4, -0.2) is 16.9 Å². The Morgan fingerprint density at radius 3 is 2.57 bits per heavy atom. The first kappa shape index (κ1) is 15.4. The SMILES string of the molecule is C=C1C(=O)[C@@]23CCC4[C@@](C)(CCC[C@@]4(C)C(=O)O)C2CC[C@H]1C3. The summed E-state index contributed by atoms with van der Waals surface area (Å²) in [5.74, 6) is 0.645. The lowest BCUT2D eigenvalue weighted by Crippen LogP contribution is -2.59. The quantitative estimate of drug-likeness (QED) is 0.737. The molecule has 0 aromatic rings. The Morgan fingerprint density at radius 1 is 1.13 bits per heavy atom. The number of carbonyl (C=O) groups is 2. The highest BCUT2D eigenvalue weighted by Crippen LogP contribution is 2.71. The van der Waals surface area contributed by atoms with Crippen molar-refractivity contribution in [3.63, 3.8) is 0 Å². The van der Waals surface area contributed by atoms with Gasteiger partial charge in [-0.1, -0.05) is 19.9 Å². The molecule has 0 aliphatic heterocycles.